The number of rotatable bonds is 1. The molecule has 1 unspecified atom stereocenters. The number of piperazine rings is 1. The van der Waals surface area contributed by atoms with Gasteiger partial charge in [-0.15, -0.1) is 0 Å². The van der Waals surface area contributed by atoms with Gasteiger partial charge in [0.25, 0.3) is 0 Å². The summed E-state index contributed by atoms with van der Waals surface area (Å²) in [5.74, 6) is 0. The third-order valence-electron chi connectivity index (χ3n) is 4.71. The zero-order valence-electron chi connectivity index (χ0n) is 15.7. The molecule has 0 aliphatic carbocycles. The Morgan fingerprint density at radius 3 is 2.52 bits per heavy atom. The van der Waals surface area contributed by atoms with Gasteiger partial charge in [-0.3, -0.25) is 4.90 Å². The molecular weight excluding hydrogens is 318 g/mol. The number of likely N-dealkylation sites (N-methyl/N-ethyl adjacent to an activating group) is 1. The van der Waals surface area contributed by atoms with Crippen molar-refractivity contribution in [2.45, 2.75) is 39.0 Å². The van der Waals surface area contributed by atoms with Gasteiger partial charge in [0, 0.05) is 45.0 Å². The lowest BCUT2D eigenvalue weighted by Gasteiger charge is -2.37. The molecule has 1 aromatic carbocycles. The van der Waals surface area contributed by atoms with E-state index in [9.17, 15) is 9.90 Å². The first-order chi connectivity index (χ1) is 11.7. The topological polar surface area (TPSA) is 56.2 Å². The summed E-state index contributed by atoms with van der Waals surface area (Å²) in [6, 6.07) is 6.34. The summed E-state index contributed by atoms with van der Waals surface area (Å²) in [7, 11) is 2.02. The number of carbonyl (C=O) groups is 1. The number of ether oxygens (including phenoxy) is 1. The van der Waals surface area contributed by atoms with E-state index >= 15 is 0 Å². The first kappa shape index (κ1) is 18.0. The Hall–Kier alpha value is -1.79. The zero-order chi connectivity index (χ0) is 18.2. The molecule has 1 saturated heterocycles. The van der Waals surface area contributed by atoms with Crippen molar-refractivity contribution < 1.29 is 14.6 Å². The number of β-amino-alcohol motifs (C(OH)–C–C–N with tert-alkyl or cyclic N) is 1. The molecule has 0 aromatic heterocycles. The fraction of sp³-hybridized carbons (Fsp3) is 0.632. The van der Waals surface area contributed by atoms with Crippen LogP contribution in [0.3, 0.4) is 0 Å². The predicted octanol–water partition coefficient (Wildman–Crippen LogP) is 2.22. The van der Waals surface area contributed by atoms with Gasteiger partial charge in [-0.2, -0.15) is 0 Å². The first-order valence-corrected chi connectivity index (χ1v) is 8.95. The predicted molar refractivity (Wildman–Crippen MR) is 97.8 cm³/mol. The normalized spacial score (nSPS) is 21.9. The van der Waals surface area contributed by atoms with Crippen LogP contribution in [0.2, 0.25) is 0 Å². The van der Waals surface area contributed by atoms with Gasteiger partial charge in [0.15, 0.2) is 0 Å². The van der Waals surface area contributed by atoms with Crippen molar-refractivity contribution in [2.24, 2.45) is 0 Å². The third kappa shape index (κ3) is 4.25. The molecule has 6 heteroatoms. The standard InChI is InChI=1S/C19H29N3O3/c1-19(2,3)25-18(24)22-9-7-21(8-10-22)15-6-5-14-12-20(4)13-17(23)16(14)11-15/h5-6,11,17,23H,7-10,12-13H2,1-4H3. The molecule has 3 rings (SSSR count). The smallest absolute Gasteiger partial charge is 0.410 e. The lowest BCUT2D eigenvalue weighted by molar-refractivity contribution is 0.0240. The largest absolute Gasteiger partial charge is 0.444 e. The molecule has 1 fully saturated rings. The summed E-state index contributed by atoms with van der Waals surface area (Å²) in [6.45, 7) is 10.0. The van der Waals surface area contributed by atoms with Crippen molar-refractivity contribution in [3.63, 3.8) is 0 Å². The molecule has 2 aliphatic heterocycles. The van der Waals surface area contributed by atoms with Crippen molar-refractivity contribution in [3.8, 4) is 0 Å². The molecule has 138 valence electrons. The van der Waals surface area contributed by atoms with Gasteiger partial charge in [-0.25, -0.2) is 4.79 Å². The Morgan fingerprint density at radius 1 is 1.20 bits per heavy atom. The maximum absolute atomic E-state index is 12.2. The highest BCUT2D eigenvalue weighted by molar-refractivity contribution is 5.68. The van der Waals surface area contributed by atoms with Crippen LogP contribution >= 0.6 is 0 Å². The number of aliphatic hydroxyl groups is 1. The van der Waals surface area contributed by atoms with Crippen LogP contribution in [-0.2, 0) is 11.3 Å². The molecule has 1 amide bonds. The van der Waals surface area contributed by atoms with E-state index in [0.717, 1.165) is 30.9 Å². The van der Waals surface area contributed by atoms with Crippen LogP contribution < -0.4 is 4.90 Å². The molecule has 0 radical (unpaired) electrons. The van der Waals surface area contributed by atoms with E-state index < -0.39 is 11.7 Å². The average molecular weight is 347 g/mol. The van der Waals surface area contributed by atoms with E-state index in [4.69, 9.17) is 4.74 Å². The van der Waals surface area contributed by atoms with E-state index in [1.807, 2.05) is 27.8 Å². The second-order valence-electron chi connectivity index (χ2n) is 8.05. The highest BCUT2D eigenvalue weighted by atomic mass is 16.6. The Morgan fingerprint density at radius 2 is 1.88 bits per heavy atom. The number of aliphatic hydroxyl groups excluding tert-OH is 1. The number of carbonyl (C=O) groups excluding carboxylic acids is 1. The van der Waals surface area contributed by atoms with Crippen molar-refractivity contribution in [1.82, 2.24) is 9.80 Å². The molecule has 0 bridgehead atoms. The van der Waals surface area contributed by atoms with Crippen LogP contribution in [0.1, 0.15) is 38.0 Å². The van der Waals surface area contributed by atoms with E-state index in [0.29, 0.717) is 19.6 Å². The van der Waals surface area contributed by atoms with E-state index in [1.54, 1.807) is 4.90 Å². The fourth-order valence-corrected chi connectivity index (χ4v) is 3.46. The van der Waals surface area contributed by atoms with Gasteiger partial charge >= 0.3 is 6.09 Å². The quantitative estimate of drug-likeness (QED) is 0.844. The van der Waals surface area contributed by atoms with Crippen molar-refractivity contribution in [3.05, 3.63) is 29.3 Å². The molecule has 0 saturated carbocycles. The second kappa shape index (κ2) is 6.84. The second-order valence-corrected chi connectivity index (χ2v) is 8.05. The molecule has 25 heavy (non-hydrogen) atoms. The summed E-state index contributed by atoms with van der Waals surface area (Å²) in [6.07, 6.45) is -0.673. The Kier molecular flexibility index (Phi) is 4.93. The van der Waals surface area contributed by atoms with Crippen LogP contribution in [-0.4, -0.2) is 66.4 Å². The summed E-state index contributed by atoms with van der Waals surface area (Å²) in [5, 5.41) is 10.3. The molecule has 2 heterocycles. The van der Waals surface area contributed by atoms with Gasteiger partial charge in [0.1, 0.15) is 5.60 Å². The maximum Gasteiger partial charge on any atom is 0.410 e. The van der Waals surface area contributed by atoms with Gasteiger partial charge < -0.3 is 19.6 Å². The summed E-state index contributed by atoms with van der Waals surface area (Å²) >= 11 is 0. The lowest BCUT2D eigenvalue weighted by Crippen LogP contribution is -2.50. The van der Waals surface area contributed by atoms with Gasteiger partial charge in [-0.1, -0.05) is 6.07 Å². The number of amides is 1. The number of nitrogens with zero attached hydrogens (tertiary/aromatic N) is 3. The molecule has 1 N–H and O–H groups in total. The van der Waals surface area contributed by atoms with E-state index in [1.165, 1.54) is 5.56 Å². The molecule has 6 nitrogen and oxygen atoms in total. The van der Waals surface area contributed by atoms with Crippen LogP contribution in [0.5, 0.6) is 0 Å². The van der Waals surface area contributed by atoms with Gasteiger partial charge in [0.05, 0.1) is 6.10 Å². The highest BCUT2D eigenvalue weighted by Crippen LogP contribution is 2.30. The molecule has 1 atom stereocenters. The number of anilines is 1. The molecule has 0 spiro atoms. The number of hydrogen-bond acceptors (Lipinski definition) is 5. The number of benzene rings is 1. The maximum atomic E-state index is 12.2. The SMILES string of the molecule is CN1Cc2ccc(N3CCN(C(=O)OC(C)(C)C)CC3)cc2C(O)C1. The zero-order valence-corrected chi connectivity index (χ0v) is 15.7. The fourth-order valence-electron chi connectivity index (χ4n) is 3.46. The lowest BCUT2D eigenvalue weighted by atomic mass is 9.96. The van der Waals surface area contributed by atoms with Crippen LogP contribution in [0.15, 0.2) is 18.2 Å². The first-order valence-electron chi connectivity index (χ1n) is 8.95. The molecular formula is C19H29N3O3. The minimum atomic E-state index is -0.462. The monoisotopic (exact) mass is 347 g/mol. The van der Waals surface area contributed by atoms with Crippen LogP contribution in [0.25, 0.3) is 0 Å². The molecule has 1 aromatic rings. The minimum absolute atomic E-state index is 0.240. The Labute approximate surface area is 150 Å². The van der Waals surface area contributed by atoms with Crippen LogP contribution in [0, 0.1) is 0 Å². The Bertz CT molecular complexity index is 633. The summed E-state index contributed by atoms with van der Waals surface area (Å²) < 4.78 is 5.45. The van der Waals surface area contributed by atoms with Crippen LogP contribution in [0.4, 0.5) is 10.5 Å². The average Bonchev–Trinajstić information content (AvgIpc) is 2.53. The van der Waals surface area contributed by atoms with Crippen molar-refractivity contribution >= 4 is 11.8 Å². The number of fused-ring (bicyclic) bond motifs is 1. The third-order valence-corrected chi connectivity index (χ3v) is 4.71. The van der Waals surface area contributed by atoms with Gasteiger partial charge in [-0.05, 0) is 51.1 Å². The van der Waals surface area contributed by atoms with Crippen molar-refractivity contribution in [2.75, 3.05) is 44.7 Å². The molecule has 2 aliphatic rings. The van der Waals surface area contributed by atoms with Gasteiger partial charge in [0.2, 0.25) is 0 Å². The van der Waals surface area contributed by atoms with E-state index in [2.05, 4.69) is 28.0 Å². The number of hydrogen-bond donors (Lipinski definition) is 1. The minimum Gasteiger partial charge on any atom is -0.444 e. The highest BCUT2D eigenvalue weighted by Gasteiger charge is 2.27. The summed E-state index contributed by atoms with van der Waals surface area (Å²) in [4.78, 5) is 18.3. The summed E-state index contributed by atoms with van der Waals surface area (Å²) in [5.41, 5.74) is 2.88. The van der Waals surface area contributed by atoms with E-state index in [-0.39, 0.29) is 6.09 Å². The van der Waals surface area contributed by atoms with Crippen molar-refractivity contribution in [1.29, 1.82) is 0 Å². The Balaban J connectivity index is 1.64.